The van der Waals surface area contributed by atoms with Crippen LogP contribution in [0.4, 0.5) is 4.79 Å². The first kappa shape index (κ1) is 23.8. The van der Waals surface area contributed by atoms with Gasteiger partial charge in [0.25, 0.3) is 0 Å². The lowest BCUT2D eigenvalue weighted by atomic mass is 9.77. The normalized spacial score (nSPS) is 23.9. The number of ether oxygens (including phenoxy) is 2. The van der Waals surface area contributed by atoms with E-state index >= 15 is 0 Å². The second-order valence-electron chi connectivity index (χ2n) is 8.33. The van der Waals surface area contributed by atoms with Crippen molar-refractivity contribution < 1.29 is 29.0 Å². The number of carboxylic acids is 1. The van der Waals surface area contributed by atoms with Gasteiger partial charge in [0, 0.05) is 18.9 Å². The topological polar surface area (TPSA) is 114 Å². The summed E-state index contributed by atoms with van der Waals surface area (Å²) in [6, 6.07) is 9.34. The first-order valence-electron chi connectivity index (χ1n) is 11.3. The van der Waals surface area contributed by atoms with Crippen molar-refractivity contribution in [1.82, 2.24) is 10.6 Å². The Morgan fingerprint density at radius 2 is 1.81 bits per heavy atom. The molecule has 2 heterocycles. The standard InChI is InChI=1S/C24H32N2O6/c27-22(15-26-24(30)31-16-17-8-4-3-5-9-17)25-14-19-18(20-12-13-21(19)32-20)10-6-1-2-7-11-23(28)29/h1,3-6,8-9,18-21H,2,7,10-16H2,(H,25,27)(H,26,30)(H,28,29)/t18-,19+,20-,21+/m1/s1. The van der Waals surface area contributed by atoms with Crippen LogP contribution in [0.3, 0.4) is 0 Å². The molecule has 2 fully saturated rings. The molecule has 8 heteroatoms. The van der Waals surface area contributed by atoms with Crippen molar-refractivity contribution in [1.29, 1.82) is 0 Å². The number of hydrogen-bond donors (Lipinski definition) is 3. The van der Waals surface area contributed by atoms with E-state index in [2.05, 4.69) is 16.7 Å². The van der Waals surface area contributed by atoms with Gasteiger partial charge in [0.1, 0.15) is 6.61 Å². The molecule has 1 aromatic rings. The maximum Gasteiger partial charge on any atom is 0.407 e. The third-order valence-corrected chi connectivity index (χ3v) is 6.07. The van der Waals surface area contributed by atoms with Gasteiger partial charge in [0.05, 0.1) is 18.8 Å². The van der Waals surface area contributed by atoms with Crippen LogP contribution in [0, 0.1) is 11.8 Å². The number of alkyl carbamates (subject to hydrolysis) is 1. The zero-order valence-corrected chi connectivity index (χ0v) is 18.2. The van der Waals surface area contributed by atoms with Crippen LogP contribution in [0.2, 0.25) is 0 Å². The number of amides is 2. The monoisotopic (exact) mass is 444 g/mol. The Hall–Kier alpha value is -2.87. The van der Waals surface area contributed by atoms with E-state index in [1.54, 1.807) is 0 Å². The summed E-state index contributed by atoms with van der Waals surface area (Å²) in [6.07, 6.45) is 8.38. The molecule has 32 heavy (non-hydrogen) atoms. The van der Waals surface area contributed by atoms with Crippen LogP contribution in [-0.2, 0) is 25.7 Å². The average Bonchev–Trinajstić information content (AvgIpc) is 3.39. The summed E-state index contributed by atoms with van der Waals surface area (Å²) in [5.41, 5.74) is 0.880. The zero-order valence-electron chi connectivity index (χ0n) is 18.2. The molecule has 2 saturated heterocycles. The first-order valence-corrected chi connectivity index (χ1v) is 11.3. The number of fused-ring (bicyclic) bond motifs is 2. The Balaban J connectivity index is 1.34. The molecular weight excluding hydrogens is 412 g/mol. The molecule has 174 valence electrons. The lowest BCUT2D eigenvalue weighted by Crippen LogP contribution is -2.42. The predicted octanol–water partition coefficient (Wildman–Crippen LogP) is 3.02. The number of aliphatic carboxylic acids is 1. The fourth-order valence-electron chi connectivity index (χ4n) is 4.44. The van der Waals surface area contributed by atoms with Gasteiger partial charge >= 0.3 is 12.1 Å². The van der Waals surface area contributed by atoms with E-state index in [1.165, 1.54) is 0 Å². The highest BCUT2D eigenvalue weighted by molar-refractivity contribution is 5.82. The Labute approximate surface area is 188 Å². The maximum atomic E-state index is 12.2. The lowest BCUT2D eigenvalue weighted by molar-refractivity contribution is -0.137. The van der Waals surface area contributed by atoms with E-state index < -0.39 is 12.1 Å². The summed E-state index contributed by atoms with van der Waals surface area (Å²) in [7, 11) is 0. The molecule has 0 aliphatic carbocycles. The Bertz CT molecular complexity index is 797. The summed E-state index contributed by atoms with van der Waals surface area (Å²) in [4.78, 5) is 34.6. The Morgan fingerprint density at radius 3 is 2.56 bits per heavy atom. The quantitative estimate of drug-likeness (QED) is 0.337. The van der Waals surface area contributed by atoms with Crippen molar-refractivity contribution in [2.24, 2.45) is 11.8 Å². The highest BCUT2D eigenvalue weighted by atomic mass is 16.5. The van der Waals surface area contributed by atoms with E-state index in [4.69, 9.17) is 14.6 Å². The van der Waals surface area contributed by atoms with Crippen molar-refractivity contribution in [2.45, 2.75) is 57.3 Å². The molecule has 4 atom stereocenters. The van der Waals surface area contributed by atoms with Crippen LogP contribution in [0.5, 0.6) is 0 Å². The molecular formula is C24H32N2O6. The number of hydrogen-bond acceptors (Lipinski definition) is 5. The van der Waals surface area contributed by atoms with Crippen molar-refractivity contribution in [3.05, 3.63) is 48.0 Å². The van der Waals surface area contributed by atoms with Crippen molar-refractivity contribution >= 4 is 18.0 Å². The summed E-state index contributed by atoms with van der Waals surface area (Å²) in [6.45, 7) is 0.532. The number of unbranched alkanes of at least 4 members (excludes halogenated alkanes) is 1. The third kappa shape index (κ3) is 7.37. The van der Waals surface area contributed by atoms with E-state index in [0.717, 1.165) is 31.2 Å². The minimum atomic E-state index is -0.769. The van der Waals surface area contributed by atoms with Crippen LogP contribution in [0.25, 0.3) is 0 Å². The number of carbonyl (C=O) groups is 3. The Morgan fingerprint density at radius 1 is 1.06 bits per heavy atom. The van der Waals surface area contributed by atoms with Gasteiger partial charge < -0.3 is 25.2 Å². The Kier molecular flexibility index (Phi) is 9.10. The van der Waals surface area contributed by atoms with Crippen LogP contribution < -0.4 is 10.6 Å². The van der Waals surface area contributed by atoms with Gasteiger partial charge in [0.2, 0.25) is 5.91 Å². The molecule has 2 bridgehead atoms. The molecule has 0 spiro atoms. The largest absolute Gasteiger partial charge is 0.481 e. The summed E-state index contributed by atoms with van der Waals surface area (Å²) < 4.78 is 11.2. The van der Waals surface area contributed by atoms with Gasteiger partial charge in [-0.15, -0.1) is 0 Å². The molecule has 1 aromatic carbocycles. The molecule has 0 unspecified atom stereocenters. The average molecular weight is 445 g/mol. The molecule has 3 N–H and O–H groups in total. The second kappa shape index (κ2) is 12.2. The van der Waals surface area contributed by atoms with Crippen molar-refractivity contribution in [3.63, 3.8) is 0 Å². The van der Waals surface area contributed by atoms with E-state index in [9.17, 15) is 14.4 Å². The highest BCUT2D eigenvalue weighted by Gasteiger charge is 2.47. The molecule has 0 radical (unpaired) electrons. The smallest absolute Gasteiger partial charge is 0.407 e. The lowest BCUT2D eigenvalue weighted by Gasteiger charge is -2.27. The minimum absolute atomic E-state index is 0.135. The maximum absolute atomic E-state index is 12.2. The van der Waals surface area contributed by atoms with Crippen molar-refractivity contribution in [2.75, 3.05) is 13.1 Å². The van der Waals surface area contributed by atoms with Gasteiger partial charge in [-0.1, -0.05) is 42.5 Å². The fraction of sp³-hybridized carbons (Fsp3) is 0.542. The molecule has 3 rings (SSSR count). The fourth-order valence-corrected chi connectivity index (χ4v) is 4.44. The van der Waals surface area contributed by atoms with Crippen LogP contribution in [0.15, 0.2) is 42.5 Å². The third-order valence-electron chi connectivity index (χ3n) is 6.07. The molecule has 2 amide bonds. The van der Waals surface area contributed by atoms with Gasteiger partial charge in [-0.25, -0.2) is 4.79 Å². The number of rotatable bonds is 12. The SMILES string of the molecule is O=C(O)CCCC=CC[C@@H]1[C@H](CNC(=O)CNC(=O)OCc2ccccc2)[C@@H]2CC[C@H]1O2. The van der Waals surface area contributed by atoms with Crippen molar-refractivity contribution in [3.8, 4) is 0 Å². The van der Waals surface area contributed by atoms with Gasteiger partial charge in [-0.05, 0) is 43.6 Å². The van der Waals surface area contributed by atoms with Gasteiger partial charge in [-0.2, -0.15) is 0 Å². The minimum Gasteiger partial charge on any atom is -0.481 e. The number of benzene rings is 1. The van der Waals surface area contributed by atoms with Crippen LogP contribution >= 0.6 is 0 Å². The summed E-state index contributed by atoms with van der Waals surface area (Å²) in [5, 5.41) is 14.1. The first-order chi connectivity index (χ1) is 15.5. The predicted molar refractivity (Wildman–Crippen MR) is 118 cm³/mol. The van der Waals surface area contributed by atoms with E-state index in [-0.39, 0.29) is 43.6 Å². The number of carboxylic acid groups (broad SMARTS) is 1. The molecule has 0 saturated carbocycles. The molecule has 8 nitrogen and oxygen atoms in total. The van der Waals surface area contributed by atoms with Gasteiger partial charge in [-0.3, -0.25) is 9.59 Å². The summed E-state index contributed by atoms with van der Waals surface area (Å²) >= 11 is 0. The van der Waals surface area contributed by atoms with Crippen LogP contribution in [-0.4, -0.2) is 48.4 Å². The second-order valence-corrected chi connectivity index (χ2v) is 8.33. The number of nitrogens with one attached hydrogen (secondary N) is 2. The highest BCUT2D eigenvalue weighted by Crippen LogP contribution is 2.44. The van der Waals surface area contributed by atoms with E-state index in [1.807, 2.05) is 36.4 Å². The molecule has 2 aliphatic heterocycles. The molecule has 2 aliphatic rings. The zero-order chi connectivity index (χ0) is 22.8. The number of carbonyl (C=O) groups excluding carboxylic acids is 2. The van der Waals surface area contributed by atoms with Gasteiger partial charge in [0.15, 0.2) is 0 Å². The summed E-state index contributed by atoms with van der Waals surface area (Å²) in [5.74, 6) is -0.443. The molecule has 0 aromatic heterocycles. The number of allylic oxidation sites excluding steroid dienone is 2. The van der Waals surface area contributed by atoms with Crippen LogP contribution in [0.1, 0.15) is 44.1 Å². The van der Waals surface area contributed by atoms with E-state index in [0.29, 0.717) is 18.9 Å².